The molecule has 102 valence electrons. The smallest absolute Gasteiger partial charge is 0.212 e. The van der Waals surface area contributed by atoms with Gasteiger partial charge in [0.2, 0.25) is 10.0 Å². The van der Waals surface area contributed by atoms with E-state index >= 15 is 0 Å². The first-order valence-electron chi connectivity index (χ1n) is 5.89. The van der Waals surface area contributed by atoms with Crippen LogP contribution >= 0.6 is 0 Å². The lowest BCUT2D eigenvalue weighted by Gasteiger charge is -2.29. The quantitative estimate of drug-likeness (QED) is 0.796. The highest BCUT2D eigenvalue weighted by Gasteiger charge is 2.28. The Balaban J connectivity index is 2.61. The summed E-state index contributed by atoms with van der Waals surface area (Å²) in [6.07, 6.45) is 3.77. The molecule has 1 unspecified atom stereocenters. The molecule has 0 spiro atoms. The highest BCUT2D eigenvalue weighted by Crippen LogP contribution is 2.09. The third-order valence-corrected chi connectivity index (χ3v) is 4.54. The minimum atomic E-state index is -3.33. The van der Waals surface area contributed by atoms with Gasteiger partial charge in [-0.25, -0.2) is 13.1 Å². The molecular weight excluding hydrogens is 250 g/mol. The molecular formula is C12H21N3O2S. The van der Waals surface area contributed by atoms with Crippen LogP contribution in [0.2, 0.25) is 0 Å². The third kappa shape index (κ3) is 4.72. The van der Waals surface area contributed by atoms with Crippen molar-refractivity contribution in [1.29, 1.82) is 0 Å². The van der Waals surface area contributed by atoms with E-state index < -0.39 is 15.6 Å². The van der Waals surface area contributed by atoms with Crippen molar-refractivity contribution in [2.75, 3.05) is 5.75 Å². The van der Waals surface area contributed by atoms with Crippen molar-refractivity contribution in [1.82, 2.24) is 9.71 Å². The Hall–Kier alpha value is -0.980. The summed E-state index contributed by atoms with van der Waals surface area (Å²) in [5, 5.41) is 0. The molecule has 1 atom stereocenters. The van der Waals surface area contributed by atoms with Crippen molar-refractivity contribution in [2.45, 2.75) is 38.8 Å². The van der Waals surface area contributed by atoms with Gasteiger partial charge < -0.3 is 5.73 Å². The van der Waals surface area contributed by atoms with Crippen LogP contribution in [0.4, 0.5) is 0 Å². The Bertz CT molecular complexity index is 469. The average Bonchev–Trinajstić information content (AvgIpc) is 2.26. The minimum Gasteiger partial charge on any atom is -0.326 e. The Morgan fingerprint density at radius 2 is 1.94 bits per heavy atom. The van der Waals surface area contributed by atoms with E-state index in [1.54, 1.807) is 33.2 Å². The maximum absolute atomic E-state index is 11.9. The predicted octanol–water partition coefficient (Wildman–Crippen LogP) is 0.669. The molecule has 0 radical (unpaired) electrons. The number of nitrogens with two attached hydrogens (primary N) is 1. The number of rotatable bonds is 6. The summed E-state index contributed by atoms with van der Waals surface area (Å²) < 4.78 is 26.5. The van der Waals surface area contributed by atoms with Gasteiger partial charge in [-0.2, -0.15) is 0 Å². The van der Waals surface area contributed by atoms with Crippen molar-refractivity contribution < 1.29 is 8.42 Å². The largest absolute Gasteiger partial charge is 0.326 e. The SMILES string of the molecule is CC(N)C(C)(C)NS(=O)(=O)CCc1ccncc1. The highest BCUT2D eigenvalue weighted by atomic mass is 32.2. The third-order valence-electron chi connectivity index (χ3n) is 2.97. The lowest BCUT2D eigenvalue weighted by molar-refractivity contribution is 0.387. The zero-order valence-corrected chi connectivity index (χ0v) is 11.9. The zero-order valence-electron chi connectivity index (χ0n) is 11.1. The Kier molecular flexibility index (Phi) is 4.84. The van der Waals surface area contributed by atoms with Crippen LogP contribution in [0.1, 0.15) is 26.3 Å². The molecule has 1 rings (SSSR count). The molecule has 18 heavy (non-hydrogen) atoms. The fourth-order valence-electron chi connectivity index (χ4n) is 1.35. The lowest BCUT2D eigenvalue weighted by Crippen LogP contribution is -2.55. The molecule has 0 aromatic carbocycles. The van der Waals surface area contributed by atoms with Crippen LogP contribution in [-0.4, -0.2) is 30.7 Å². The van der Waals surface area contributed by atoms with E-state index in [1.807, 2.05) is 12.1 Å². The molecule has 0 aliphatic carbocycles. The second-order valence-corrected chi connectivity index (χ2v) is 6.88. The molecule has 0 aliphatic heterocycles. The number of nitrogens with zero attached hydrogens (tertiary/aromatic N) is 1. The topological polar surface area (TPSA) is 85.1 Å². The van der Waals surface area contributed by atoms with Crippen LogP contribution in [0.3, 0.4) is 0 Å². The molecule has 0 amide bonds. The van der Waals surface area contributed by atoms with Gasteiger partial charge in [0.15, 0.2) is 0 Å². The summed E-state index contributed by atoms with van der Waals surface area (Å²) >= 11 is 0. The van der Waals surface area contributed by atoms with Crippen molar-refractivity contribution in [3.63, 3.8) is 0 Å². The Morgan fingerprint density at radius 3 is 2.44 bits per heavy atom. The van der Waals surface area contributed by atoms with Crippen LogP contribution in [0.25, 0.3) is 0 Å². The summed E-state index contributed by atoms with van der Waals surface area (Å²) in [6.45, 7) is 5.34. The summed E-state index contributed by atoms with van der Waals surface area (Å²) in [7, 11) is -3.33. The van der Waals surface area contributed by atoms with Crippen molar-refractivity contribution in [3.8, 4) is 0 Å². The van der Waals surface area contributed by atoms with Crippen LogP contribution in [0.5, 0.6) is 0 Å². The molecule has 0 saturated carbocycles. The number of sulfonamides is 1. The van der Waals surface area contributed by atoms with E-state index in [-0.39, 0.29) is 11.8 Å². The standard InChI is InChI=1S/C12H21N3O2S/c1-10(13)12(2,3)15-18(16,17)9-6-11-4-7-14-8-5-11/h4-5,7-8,10,15H,6,9,13H2,1-3H3. The van der Waals surface area contributed by atoms with Gasteiger partial charge in [-0.3, -0.25) is 4.98 Å². The number of hydrogen-bond donors (Lipinski definition) is 2. The van der Waals surface area contributed by atoms with Gasteiger partial charge in [0.05, 0.1) is 5.75 Å². The first kappa shape index (κ1) is 15.1. The van der Waals surface area contributed by atoms with Crippen LogP contribution in [-0.2, 0) is 16.4 Å². The van der Waals surface area contributed by atoms with Crippen LogP contribution in [0.15, 0.2) is 24.5 Å². The van der Waals surface area contributed by atoms with E-state index in [0.29, 0.717) is 6.42 Å². The highest BCUT2D eigenvalue weighted by molar-refractivity contribution is 7.89. The van der Waals surface area contributed by atoms with Crippen LogP contribution in [0, 0.1) is 0 Å². The van der Waals surface area contributed by atoms with Crippen LogP contribution < -0.4 is 10.5 Å². The minimum absolute atomic E-state index is 0.0488. The zero-order chi connectivity index (χ0) is 13.8. The summed E-state index contributed by atoms with van der Waals surface area (Å²) in [5.41, 5.74) is 6.06. The molecule has 6 heteroatoms. The van der Waals surface area contributed by atoms with Crippen molar-refractivity contribution in [2.24, 2.45) is 5.73 Å². The van der Waals surface area contributed by atoms with Gasteiger partial charge in [-0.05, 0) is 44.9 Å². The van der Waals surface area contributed by atoms with Gasteiger partial charge in [0, 0.05) is 24.0 Å². The summed E-state index contributed by atoms with van der Waals surface area (Å²) in [5.74, 6) is 0.0488. The number of hydrogen-bond acceptors (Lipinski definition) is 4. The monoisotopic (exact) mass is 271 g/mol. The number of aromatic nitrogens is 1. The maximum Gasteiger partial charge on any atom is 0.212 e. The first-order chi connectivity index (χ1) is 8.23. The van der Waals surface area contributed by atoms with Gasteiger partial charge in [0.25, 0.3) is 0 Å². The second-order valence-electron chi connectivity index (χ2n) is 5.04. The molecule has 1 aromatic rings. The van der Waals surface area contributed by atoms with E-state index in [9.17, 15) is 8.42 Å². The van der Waals surface area contributed by atoms with E-state index in [4.69, 9.17) is 5.73 Å². The summed E-state index contributed by atoms with van der Waals surface area (Å²) in [4.78, 5) is 3.89. The molecule has 0 bridgehead atoms. The van der Waals surface area contributed by atoms with E-state index in [0.717, 1.165) is 5.56 Å². The molecule has 1 heterocycles. The number of nitrogens with one attached hydrogen (secondary N) is 1. The second kappa shape index (κ2) is 5.77. The fourth-order valence-corrected chi connectivity index (χ4v) is 2.94. The molecule has 5 nitrogen and oxygen atoms in total. The first-order valence-corrected chi connectivity index (χ1v) is 7.54. The van der Waals surface area contributed by atoms with E-state index in [2.05, 4.69) is 9.71 Å². The lowest BCUT2D eigenvalue weighted by atomic mass is 9.99. The van der Waals surface area contributed by atoms with Gasteiger partial charge in [0.1, 0.15) is 0 Å². The Labute approximate surface area is 109 Å². The molecule has 3 N–H and O–H groups in total. The average molecular weight is 271 g/mol. The van der Waals surface area contributed by atoms with Crippen molar-refractivity contribution >= 4 is 10.0 Å². The van der Waals surface area contributed by atoms with Crippen molar-refractivity contribution in [3.05, 3.63) is 30.1 Å². The number of aryl methyl sites for hydroxylation is 1. The van der Waals surface area contributed by atoms with Gasteiger partial charge in [-0.15, -0.1) is 0 Å². The molecule has 0 aliphatic rings. The Morgan fingerprint density at radius 1 is 1.39 bits per heavy atom. The molecule has 0 saturated heterocycles. The predicted molar refractivity (Wildman–Crippen MR) is 72.6 cm³/mol. The van der Waals surface area contributed by atoms with E-state index in [1.165, 1.54) is 0 Å². The van der Waals surface area contributed by atoms with Gasteiger partial charge in [-0.1, -0.05) is 0 Å². The molecule has 0 fully saturated rings. The summed E-state index contributed by atoms with van der Waals surface area (Å²) in [6, 6.07) is 3.37. The number of pyridine rings is 1. The van der Waals surface area contributed by atoms with Gasteiger partial charge >= 0.3 is 0 Å². The fraction of sp³-hybridized carbons (Fsp3) is 0.583. The normalized spacial score (nSPS) is 14.4. The maximum atomic E-state index is 11.9. The molecule has 1 aromatic heterocycles.